The van der Waals surface area contributed by atoms with Crippen molar-refractivity contribution in [3.05, 3.63) is 83.9 Å². The third-order valence-corrected chi connectivity index (χ3v) is 5.18. The van der Waals surface area contributed by atoms with Crippen LogP contribution < -0.4 is 10.1 Å². The van der Waals surface area contributed by atoms with Gasteiger partial charge in [-0.05, 0) is 59.5 Å². The SMILES string of the molecule is CCCCN(Cc1ccc(C(=O)O)cc1)C(=O)Nc1ccc(-c2cccc(OC)c2)cc1. The predicted molar refractivity (Wildman–Crippen MR) is 126 cm³/mol. The first kappa shape index (κ1) is 22.9. The summed E-state index contributed by atoms with van der Waals surface area (Å²) < 4.78 is 5.29. The van der Waals surface area contributed by atoms with Gasteiger partial charge in [0.25, 0.3) is 0 Å². The summed E-state index contributed by atoms with van der Waals surface area (Å²) in [5, 5.41) is 12.0. The van der Waals surface area contributed by atoms with Crippen LogP contribution >= 0.6 is 0 Å². The first-order valence-electron chi connectivity index (χ1n) is 10.6. The Bertz CT molecular complexity index is 1050. The molecule has 0 aliphatic rings. The molecule has 0 aromatic heterocycles. The van der Waals surface area contributed by atoms with Gasteiger partial charge in [0.2, 0.25) is 0 Å². The molecule has 0 fully saturated rings. The van der Waals surface area contributed by atoms with Gasteiger partial charge < -0.3 is 20.1 Å². The predicted octanol–water partition coefficient (Wildman–Crippen LogP) is 5.89. The molecule has 166 valence electrons. The molecule has 0 spiro atoms. The van der Waals surface area contributed by atoms with E-state index in [-0.39, 0.29) is 11.6 Å². The number of unbranched alkanes of at least 4 members (excludes halogenated alkanes) is 1. The van der Waals surface area contributed by atoms with Crippen molar-refractivity contribution < 1.29 is 19.4 Å². The number of nitrogens with one attached hydrogen (secondary N) is 1. The number of carboxylic acids is 1. The second-order valence-corrected chi connectivity index (χ2v) is 7.52. The summed E-state index contributed by atoms with van der Waals surface area (Å²) in [5.41, 5.74) is 3.90. The molecule has 2 N–H and O–H groups in total. The highest BCUT2D eigenvalue weighted by Gasteiger charge is 2.14. The van der Waals surface area contributed by atoms with E-state index in [4.69, 9.17) is 9.84 Å². The van der Waals surface area contributed by atoms with Gasteiger partial charge in [0.15, 0.2) is 0 Å². The lowest BCUT2D eigenvalue weighted by molar-refractivity contribution is 0.0696. The van der Waals surface area contributed by atoms with Crippen LogP contribution in [0.3, 0.4) is 0 Å². The van der Waals surface area contributed by atoms with E-state index in [9.17, 15) is 9.59 Å². The number of nitrogens with zero attached hydrogens (tertiary/aromatic N) is 1. The van der Waals surface area contributed by atoms with Crippen LogP contribution in [0.1, 0.15) is 35.7 Å². The molecule has 2 amide bonds. The number of hydrogen-bond donors (Lipinski definition) is 2. The molecule has 0 heterocycles. The lowest BCUT2D eigenvalue weighted by Gasteiger charge is -2.23. The summed E-state index contributed by atoms with van der Waals surface area (Å²) in [7, 11) is 1.64. The van der Waals surface area contributed by atoms with Crippen LogP contribution in [-0.4, -0.2) is 35.7 Å². The van der Waals surface area contributed by atoms with E-state index < -0.39 is 5.97 Å². The van der Waals surface area contributed by atoms with Gasteiger partial charge in [0.05, 0.1) is 12.7 Å². The highest BCUT2D eigenvalue weighted by Crippen LogP contribution is 2.25. The minimum Gasteiger partial charge on any atom is -0.497 e. The van der Waals surface area contributed by atoms with Crippen LogP contribution in [0.15, 0.2) is 72.8 Å². The van der Waals surface area contributed by atoms with Crippen molar-refractivity contribution in [3.8, 4) is 16.9 Å². The standard InChI is InChI=1S/C26H28N2O4/c1-3-4-16-28(18-19-8-10-21(11-9-19)25(29)30)26(31)27-23-14-12-20(13-15-23)22-6-5-7-24(17-22)32-2/h5-15,17H,3-4,16,18H2,1-2H3,(H,27,31)(H,29,30). The summed E-state index contributed by atoms with van der Waals surface area (Å²) in [6.07, 6.45) is 1.85. The summed E-state index contributed by atoms with van der Waals surface area (Å²) in [6.45, 7) is 3.10. The molecule has 3 aromatic carbocycles. The van der Waals surface area contributed by atoms with Crippen LogP contribution in [0.5, 0.6) is 5.75 Å². The van der Waals surface area contributed by atoms with Crippen molar-refractivity contribution in [2.45, 2.75) is 26.3 Å². The van der Waals surface area contributed by atoms with Crippen LogP contribution in [0.2, 0.25) is 0 Å². The quantitative estimate of drug-likeness (QED) is 0.442. The second kappa shape index (κ2) is 11.0. The Labute approximate surface area is 188 Å². The smallest absolute Gasteiger partial charge is 0.335 e. The van der Waals surface area contributed by atoms with E-state index in [1.54, 1.807) is 36.3 Å². The number of carbonyl (C=O) groups excluding carboxylic acids is 1. The van der Waals surface area contributed by atoms with E-state index in [1.165, 1.54) is 0 Å². The molecule has 0 radical (unpaired) electrons. The Hall–Kier alpha value is -3.80. The molecule has 0 saturated heterocycles. The summed E-state index contributed by atoms with van der Waals surface area (Å²) in [5.74, 6) is -0.169. The number of amides is 2. The molecule has 6 heteroatoms. The lowest BCUT2D eigenvalue weighted by atomic mass is 10.1. The van der Waals surface area contributed by atoms with E-state index in [0.29, 0.717) is 18.8 Å². The van der Waals surface area contributed by atoms with E-state index in [2.05, 4.69) is 12.2 Å². The maximum absolute atomic E-state index is 12.9. The van der Waals surface area contributed by atoms with Gasteiger partial charge in [-0.15, -0.1) is 0 Å². The number of carbonyl (C=O) groups is 2. The van der Waals surface area contributed by atoms with Gasteiger partial charge in [-0.25, -0.2) is 9.59 Å². The van der Waals surface area contributed by atoms with Crippen molar-refractivity contribution in [1.29, 1.82) is 0 Å². The van der Waals surface area contributed by atoms with Crippen LogP contribution in [0.4, 0.5) is 10.5 Å². The van der Waals surface area contributed by atoms with Crippen molar-refractivity contribution in [3.63, 3.8) is 0 Å². The molecule has 3 rings (SSSR count). The average molecular weight is 433 g/mol. The number of aromatic carboxylic acids is 1. The van der Waals surface area contributed by atoms with Gasteiger partial charge in [-0.3, -0.25) is 0 Å². The molecule has 0 saturated carbocycles. The van der Waals surface area contributed by atoms with Gasteiger partial charge in [0, 0.05) is 18.8 Å². The fourth-order valence-electron chi connectivity index (χ4n) is 3.33. The number of anilines is 1. The largest absolute Gasteiger partial charge is 0.497 e. The normalized spacial score (nSPS) is 10.4. The summed E-state index contributed by atoms with van der Waals surface area (Å²) >= 11 is 0. The Morgan fingerprint density at radius 1 is 0.969 bits per heavy atom. The maximum atomic E-state index is 12.9. The van der Waals surface area contributed by atoms with Crippen molar-refractivity contribution in [2.75, 3.05) is 19.0 Å². The monoisotopic (exact) mass is 432 g/mol. The highest BCUT2D eigenvalue weighted by atomic mass is 16.5. The van der Waals surface area contributed by atoms with Gasteiger partial charge in [-0.1, -0.05) is 49.7 Å². The molecule has 0 bridgehead atoms. The summed E-state index contributed by atoms with van der Waals surface area (Å²) in [6, 6.07) is 21.9. The number of urea groups is 1. The third-order valence-electron chi connectivity index (χ3n) is 5.18. The number of carboxylic acid groups (broad SMARTS) is 1. The van der Waals surface area contributed by atoms with Crippen molar-refractivity contribution in [1.82, 2.24) is 4.90 Å². The fourth-order valence-corrected chi connectivity index (χ4v) is 3.33. The minimum absolute atomic E-state index is 0.185. The number of rotatable bonds is 9. The third kappa shape index (κ3) is 6.11. The van der Waals surface area contributed by atoms with Gasteiger partial charge in [0.1, 0.15) is 5.75 Å². The number of ether oxygens (including phenoxy) is 1. The van der Waals surface area contributed by atoms with Crippen LogP contribution in [0.25, 0.3) is 11.1 Å². The van der Waals surface area contributed by atoms with Crippen molar-refractivity contribution in [2.24, 2.45) is 0 Å². The topological polar surface area (TPSA) is 78.9 Å². The summed E-state index contributed by atoms with van der Waals surface area (Å²) in [4.78, 5) is 25.7. The average Bonchev–Trinajstić information content (AvgIpc) is 2.82. The lowest BCUT2D eigenvalue weighted by Crippen LogP contribution is -2.35. The maximum Gasteiger partial charge on any atom is 0.335 e. The Morgan fingerprint density at radius 3 is 2.31 bits per heavy atom. The van der Waals surface area contributed by atoms with Crippen molar-refractivity contribution >= 4 is 17.7 Å². The molecule has 0 aliphatic carbocycles. The molecular weight excluding hydrogens is 404 g/mol. The van der Waals surface area contributed by atoms with E-state index >= 15 is 0 Å². The zero-order valence-electron chi connectivity index (χ0n) is 18.4. The molecule has 32 heavy (non-hydrogen) atoms. The Balaban J connectivity index is 1.69. The minimum atomic E-state index is -0.963. The number of methoxy groups -OCH3 is 1. The number of hydrogen-bond acceptors (Lipinski definition) is 3. The fraction of sp³-hybridized carbons (Fsp3) is 0.231. The zero-order chi connectivity index (χ0) is 22.9. The Kier molecular flexibility index (Phi) is 7.86. The Morgan fingerprint density at radius 2 is 1.69 bits per heavy atom. The number of benzene rings is 3. The zero-order valence-corrected chi connectivity index (χ0v) is 18.4. The van der Waals surface area contributed by atoms with E-state index in [1.807, 2.05) is 48.5 Å². The van der Waals surface area contributed by atoms with Gasteiger partial charge >= 0.3 is 12.0 Å². The van der Waals surface area contributed by atoms with E-state index in [0.717, 1.165) is 35.3 Å². The molecular formula is C26H28N2O4. The molecule has 6 nitrogen and oxygen atoms in total. The molecule has 3 aromatic rings. The highest BCUT2D eigenvalue weighted by molar-refractivity contribution is 5.90. The molecule has 0 atom stereocenters. The van der Waals surface area contributed by atoms with Gasteiger partial charge in [-0.2, -0.15) is 0 Å². The second-order valence-electron chi connectivity index (χ2n) is 7.52. The molecule has 0 unspecified atom stereocenters. The first-order valence-corrected chi connectivity index (χ1v) is 10.6. The van der Waals surface area contributed by atoms with Crippen LogP contribution in [-0.2, 0) is 6.54 Å². The van der Waals surface area contributed by atoms with Crippen LogP contribution in [0, 0.1) is 0 Å². The molecule has 0 aliphatic heterocycles. The first-order chi connectivity index (χ1) is 15.5.